The second-order valence-electron chi connectivity index (χ2n) is 9.93. The largest absolute Gasteiger partial charge is 0.478 e. The lowest BCUT2D eigenvalue weighted by Crippen LogP contribution is -2.28. The van der Waals surface area contributed by atoms with Gasteiger partial charge in [0.15, 0.2) is 0 Å². The summed E-state index contributed by atoms with van der Waals surface area (Å²) in [5, 5.41) is 10.0. The minimum Gasteiger partial charge on any atom is -0.478 e. The lowest BCUT2D eigenvalue weighted by Gasteiger charge is -2.22. The molecule has 0 bridgehead atoms. The summed E-state index contributed by atoms with van der Waals surface area (Å²) in [6, 6.07) is 18.6. The predicted molar refractivity (Wildman–Crippen MR) is 156 cm³/mol. The molecule has 40 heavy (non-hydrogen) atoms. The maximum atomic E-state index is 13.8. The van der Waals surface area contributed by atoms with Crippen LogP contribution in [-0.2, 0) is 30.5 Å². The van der Waals surface area contributed by atoms with Crippen molar-refractivity contribution < 1.29 is 14.6 Å². The van der Waals surface area contributed by atoms with Gasteiger partial charge >= 0.3 is 5.97 Å². The maximum absolute atomic E-state index is 13.8. The Morgan fingerprint density at radius 1 is 0.975 bits per heavy atom. The van der Waals surface area contributed by atoms with E-state index in [-0.39, 0.29) is 5.56 Å². The van der Waals surface area contributed by atoms with Crippen molar-refractivity contribution >= 4 is 5.97 Å². The number of rotatable bonds is 12. The summed E-state index contributed by atoms with van der Waals surface area (Å²) in [6.45, 7) is 8.02. The topological polar surface area (TPSA) is 94.3 Å². The second-order valence-corrected chi connectivity index (χ2v) is 9.93. The third-order valence-electron chi connectivity index (χ3n) is 6.93. The fourth-order valence-electron chi connectivity index (χ4n) is 5.14. The highest BCUT2D eigenvalue weighted by Gasteiger charge is 2.25. The molecule has 0 amide bonds. The summed E-state index contributed by atoms with van der Waals surface area (Å²) in [5.74, 6) is 0.747. The van der Waals surface area contributed by atoms with Crippen LogP contribution in [0.15, 0.2) is 71.7 Å². The standard InChI is InChI=1S/C33H37N3O4/c1-5-13-25-19-23(20-26(14-6-2)30(25)40-31(33(38)39)24-15-9-8-10-16-24)21-27-28(7-3)35-22(4)36(32(27)37)29-17-11-12-18-34-29/h8-12,15-20,31H,5-7,13-14,21H2,1-4H3,(H,38,39). The predicted octanol–water partition coefficient (Wildman–Crippen LogP) is 6.20. The van der Waals surface area contributed by atoms with Gasteiger partial charge in [0.2, 0.25) is 6.10 Å². The number of nitrogens with zero attached hydrogens (tertiary/aromatic N) is 3. The number of aryl methyl sites for hydroxylation is 4. The summed E-state index contributed by atoms with van der Waals surface area (Å²) < 4.78 is 7.88. The Labute approximate surface area is 235 Å². The van der Waals surface area contributed by atoms with Crippen LogP contribution in [0.25, 0.3) is 5.82 Å². The Balaban J connectivity index is 1.82. The van der Waals surface area contributed by atoms with Gasteiger partial charge in [-0.2, -0.15) is 0 Å². The molecule has 0 spiro atoms. The van der Waals surface area contributed by atoms with Crippen molar-refractivity contribution in [1.82, 2.24) is 14.5 Å². The Morgan fingerprint density at radius 3 is 2.17 bits per heavy atom. The molecule has 1 unspecified atom stereocenters. The highest BCUT2D eigenvalue weighted by Crippen LogP contribution is 2.33. The van der Waals surface area contributed by atoms with Crippen LogP contribution in [0.2, 0.25) is 0 Å². The van der Waals surface area contributed by atoms with E-state index in [0.717, 1.165) is 48.1 Å². The number of ether oxygens (including phenoxy) is 1. The van der Waals surface area contributed by atoms with Crippen molar-refractivity contribution in [1.29, 1.82) is 0 Å². The third kappa shape index (κ3) is 6.30. The summed E-state index contributed by atoms with van der Waals surface area (Å²) in [5.41, 5.74) is 4.78. The first-order valence-corrected chi connectivity index (χ1v) is 14.0. The van der Waals surface area contributed by atoms with E-state index in [4.69, 9.17) is 9.72 Å². The minimum atomic E-state index is -1.11. The Hall–Kier alpha value is -4.26. The van der Waals surface area contributed by atoms with E-state index in [1.165, 1.54) is 0 Å². The Kier molecular flexibility index (Phi) is 9.48. The van der Waals surface area contributed by atoms with Crippen LogP contribution in [0.1, 0.15) is 79.1 Å². The highest BCUT2D eigenvalue weighted by molar-refractivity contribution is 5.75. The highest BCUT2D eigenvalue weighted by atomic mass is 16.5. The monoisotopic (exact) mass is 539 g/mol. The number of carboxylic acids is 1. The SMILES string of the molecule is CCCc1cc(Cc2c(CC)nc(C)n(-c3ccccn3)c2=O)cc(CCC)c1OC(C(=O)O)c1ccccc1. The molecule has 0 aliphatic rings. The molecule has 0 saturated carbocycles. The average Bonchev–Trinajstić information content (AvgIpc) is 2.95. The number of aromatic nitrogens is 3. The number of pyridine rings is 1. The number of aliphatic carboxylic acids is 1. The maximum Gasteiger partial charge on any atom is 0.349 e. The van der Waals surface area contributed by atoms with E-state index < -0.39 is 12.1 Å². The van der Waals surface area contributed by atoms with Crippen LogP contribution in [0.4, 0.5) is 0 Å². The van der Waals surface area contributed by atoms with Crippen LogP contribution in [0, 0.1) is 6.92 Å². The van der Waals surface area contributed by atoms with Gasteiger partial charge in [0.05, 0.1) is 5.69 Å². The fourth-order valence-corrected chi connectivity index (χ4v) is 5.14. The van der Waals surface area contributed by atoms with Gasteiger partial charge in [-0.3, -0.25) is 4.79 Å². The van der Waals surface area contributed by atoms with Gasteiger partial charge in [-0.1, -0.05) is 82.1 Å². The number of hydrogen-bond donors (Lipinski definition) is 1. The Morgan fingerprint density at radius 2 is 1.62 bits per heavy atom. The molecule has 7 heteroatoms. The first kappa shape index (κ1) is 28.7. The molecule has 7 nitrogen and oxygen atoms in total. The summed E-state index contributed by atoms with van der Waals surface area (Å²) in [4.78, 5) is 35.3. The van der Waals surface area contributed by atoms with Crippen LogP contribution in [0.3, 0.4) is 0 Å². The molecule has 1 atom stereocenters. The summed E-state index contributed by atoms with van der Waals surface area (Å²) >= 11 is 0. The summed E-state index contributed by atoms with van der Waals surface area (Å²) in [6.07, 6.45) is 4.80. The van der Waals surface area contributed by atoms with Crippen LogP contribution < -0.4 is 10.3 Å². The van der Waals surface area contributed by atoms with Gasteiger partial charge in [-0.25, -0.2) is 19.3 Å². The first-order valence-electron chi connectivity index (χ1n) is 14.0. The number of carboxylic acid groups (broad SMARTS) is 1. The lowest BCUT2D eigenvalue weighted by molar-refractivity contribution is -0.145. The van der Waals surface area contributed by atoms with E-state index in [1.807, 2.05) is 50.2 Å². The molecule has 0 aliphatic carbocycles. The van der Waals surface area contributed by atoms with Gasteiger partial charge in [0.25, 0.3) is 5.56 Å². The zero-order chi connectivity index (χ0) is 28.6. The minimum absolute atomic E-state index is 0.118. The van der Waals surface area contributed by atoms with Crippen molar-refractivity contribution in [2.45, 2.75) is 72.3 Å². The quantitative estimate of drug-likeness (QED) is 0.230. The number of hydrogen-bond acceptors (Lipinski definition) is 5. The van der Waals surface area contributed by atoms with Gasteiger partial charge in [-0.15, -0.1) is 0 Å². The van der Waals surface area contributed by atoms with Crippen molar-refractivity contribution in [3.05, 3.63) is 117 Å². The van der Waals surface area contributed by atoms with E-state index in [0.29, 0.717) is 41.4 Å². The third-order valence-corrected chi connectivity index (χ3v) is 6.93. The molecular weight excluding hydrogens is 502 g/mol. The van der Waals surface area contributed by atoms with Gasteiger partial charge < -0.3 is 9.84 Å². The molecular formula is C33H37N3O4. The second kappa shape index (κ2) is 13.2. The molecule has 2 aromatic carbocycles. The van der Waals surface area contributed by atoms with Crippen LogP contribution >= 0.6 is 0 Å². The fraction of sp³-hybridized carbons (Fsp3) is 0.333. The van der Waals surface area contributed by atoms with E-state index in [2.05, 4.69) is 31.0 Å². The molecule has 0 saturated heterocycles. The number of carbonyl (C=O) groups is 1. The zero-order valence-electron chi connectivity index (χ0n) is 23.7. The molecule has 2 heterocycles. The van der Waals surface area contributed by atoms with E-state index in [9.17, 15) is 14.7 Å². The van der Waals surface area contributed by atoms with Gasteiger partial charge in [0, 0.05) is 23.7 Å². The average molecular weight is 540 g/mol. The molecule has 4 aromatic rings. The normalized spacial score (nSPS) is 11.8. The van der Waals surface area contributed by atoms with Crippen molar-refractivity contribution in [2.75, 3.05) is 0 Å². The van der Waals surface area contributed by atoms with Crippen molar-refractivity contribution in [2.24, 2.45) is 0 Å². The molecule has 0 radical (unpaired) electrons. The van der Waals surface area contributed by atoms with Gasteiger partial charge in [-0.05, 0) is 55.0 Å². The molecule has 0 aliphatic heterocycles. The van der Waals surface area contributed by atoms with Crippen molar-refractivity contribution in [3.8, 4) is 11.6 Å². The van der Waals surface area contributed by atoms with Gasteiger partial charge in [0.1, 0.15) is 17.4 Å². The molecule has 4 rings (SSSR count). The van der Waals surface area contributed by atoms with E-state index >= 15 is 0 Å². The molecule has 1 N–H and O–H groups in total. The summed E-state index contributed by atoms with van der Waals surface area (Å²) in [7, 11) is 0. The van der Waals surface area contributed by atoms with Crippen LogP contribution in [-0.4, -0.2) is 25.6 Å². The van der Waals surface area contributed by atoms with E-state index in [1.54, 1.807) is 22.9 Å². The molecule has 208 valence electrons. The lowest BCUT2D eigenvalue weighted by atomic mass is 9.94. The van der Waals surface area contributed by atoms with Crippen LogP contribution in [0.5, 0.6) is 5.75 Å². The first-order chi connectivity index (χ1) is 19.4. The smallest absolute Gasteiger partial charge is 0.349 e. The number of benzene rings is 2. The molecule has 0 fully saturated rings. The zero-order valence-corrected chi connectivity index (χ0v) is 23.7. The molecule has 2 aromatic heterocycles. The Bertz CT molecular complexity index is 1490. The van der Waals surface area contributed by atoms with Crippen molar-refractivity contribution in [3.63, 3.8) is 0 Å².